The van der Waals surface area contributed by atoms with Crippen LogP contribution < -0.4 is 49.1 Å². The summed E-state index contributed by atoms with van der Waals surface area (Å²) >= 11 is 0. The highest BCUT2D eigenvalue weighted by molar-refractivity contribution is 6.00. The molecule has 21 nitrogen and oxygen atoms in total. The van der Waals surface area contributed by atoms with Crippen LogP contribution in [-0.2, 0) is 62.4 Å². The number of aliphatic imine (C=N–C) groups is 1. The van der Waals surface area contributed by atoms with Crippen molar-refractivity contribution >= 4 is 59.1 Å². The van der Waals surface area contributed by atoms with Gasteiger partial charge in [0.2, 0.25) is 53.2 Å². The van der Waals surface area contributed by atoms with Gasteiger partial charge in [-0.1, -0.05) is 115 Å². The summed E-state index contributed by atoms with van der Waals surface area (Å²) in [6.45, 7) is 1.83. The van der Waals surface area contributed by atoms with Crippen LogP contribution in [0.25, 0.3) is 11.1 Å². The Morgan fingerprint density at radius 2 is 0.935 bits per heavy atom. The average molecular weight is 1050 g/mol. The quantitative estimate of drug-likeness (QED) is 0.0496. The Kier molecular flexibility index (Phi) is 19.5. The van der Waals surface area contributed by atoms with E-state index in [1.807, 2.05) is 42.5 Å². The summed E-state index contributed by atoms with van der Waals surface area (Å²) in [5, 5.41) is 16.3. The number of hydrogen-bond donors (Lipinski definition) is 9. The minimum Gasteiger partial charge on any atom is -0.370 e. The molecule has 4 aromatic carbocycles. The number of nitrogens with two attached hydrogens (primary N) is 3. The van der Waals surface area contributed by atoms with E-state index in [1.54, 1.807) is 72.8 Å². The monoisotopic (exact) mass is 1050 g/mol. The highest BCUT2D eigenvalue weighted by atomic mass is 16.2. The van der Waals surface area contributed by atoms with Crippen LogP contribution in [0.5, 0.6) is 0 Å². The smallest absolute Gasteiger partial charge is 0.246 e. The van der Waals surface area contributed by atoms with Gasteiger partial charge in [0.15, 0.2) is 5.96 Å². The molecule has 0 aliphatic carbocycles. The van der Waals surface area contributed by atoms with E-state index in [4.69, 9.17) is 17.2 Å². The SMILES string of the molecule is C[C@@H]1NC(=O)[C@H](CC(N)=O)NC(=O)[C@H](Cc2ccc(-c3ccccc3)cc2)NC(=O)[C@H](Cc2ccccc2)NC(=O)[C@H](CCCN=C(N)N)NC(=O)[C@@H]2CCCN2C(=O)[C@H]2CCCN2C(=O)[C@H](Cc2ccccc2)NC1=O. The third-order valence-electron chi connectivity index (χ3n) is 14.0. The first-order chi connectivity index (χ1) is 37.0. The number of carbonyl (C=O) groups excluding carboxylic acids is 9. The van der Waals surface area contributed by atoms with Crippen molar-refractivity contribution in [3.05, 3.63) is 132 Å². The Hall–Kier alpha value is -8.62. The Morgan fingerprint density at radius 3 is 1.49 bits per heavy atom. The lowest BCUT2D eigenvalue weighted by Crippen LogP contribution is -2.61. The van der Waals surface area contributed by atoms with Crippen LogP contribution >= 0.6 is 0 Å². The minimum atomic E-state index is -1.66. The largest absolute Gasteiger partial charge is 0.370 e. The standard InChI is InChI=1S/C56H68N12O9/c1-34-48(70)66-44(32-36-16-7-3-8-17-36)54(76)68-29-13-22-46(68)55(77)67-28-12-21-45(67)53(75)62-40(20-11-27-60-56(58)59)49(71)63-41(30-35-14-5-2-6-15-35)51(73)64-42(52(74)65-43(33-47(57)69)50(72)61-34)31-37-23-25-39(26-24-37)38-18-9-4-10-19-38/h2-10,14-19,23-26,34,40-46H,11-13,20-22,27-33H2,1H3,(H2,57,69)(H,61,72)(H,62,75)(H,63,71)(H,64,73)(H,65,74)(H,66,70)(H4,58,59,60)/t34-,40-,41-,42-,43-,44-,45-,46+/m0/s1. The van der Waals surface area contributed by atoms with Crippen molar-refractivity contribution in [1.29, 1.82) is 0 Å². The number of fused-ring (bicyclic) bond motifs is 2. The number of nitrogens with one attached hydrogen (secondary N) is 6. The number of benzene rings is 4. The van der Waals surface area contributed by atoms with Gasteiger partial charge < -0.3 is 58.9 Å². The summed E-state index contributed by atoms with van der Waals surface area (Å²) in [6, 6.07) is 24.2. The molecule has 0 radical (unpaired) electrons. The van der Waals surface area contributed by atoms with Crippen LogP contribution in [0.4, 0.5) is 0 Å². The molecule has 8 atom stereocenters. The van der Waals surface area contributed by atoms with E-state index in [1.165, 1.54) is 16.7 Å². The first-order valence-corrected chi connectivity index (χ1v) is 26.0. The molecule has 0 spiro atoms. The fourth-order valence-corrected chi connectivity index (χ4v) is 9.94. The number of carbonyl (C=O) groups is 9. The zero-order valence-electron chi connectivity index (χ0n) is 43.0. The van der Waals surface area contributed by atoms with Crippen LogP contribution in [0.2, 0.25) is 0 Å². The number of rotatable bonds is 13. The molecule has 0 saturated carbocycles. The van der Waals surface area contributed by atoms with E-state index < -0.39 is 108 Å². The second kappa shape index (κ2) is 26.7. The van der Waals surface area contributed by atoms with Gasteiger partial charge in [0.05, 0.1) is 6.42 Å². The molecule has 9 amide bonds. The Labute approximate surface area is 446 Å². The molecule has 3 aliphatic heterocycles. The second-order valence-electron chi connectivity index (χ2n) is 19.7. The van der Waals surface area contributed by atoms with Gasteiger partial charge in [-0.2, -0.15) is 0 Å². The van der Waals surface area contributed by atoms with E-state index in [9.17, 15) is 43.2 Å². The third kappa shape index (κ3) is 15.5. The van der Waals surface area contributed by atoms with E-state index in [0.717, 1.165) is 11.1 Å². The van der Waals surface area contributed by atoms with Gasteiger partial charge in [-0.25, -0.2) is 0 Å². The molecule has 4 aromatic rings. The molecule has 3 fully saturated rings. The zero-order chi connectivity index (χ0) is 55.0. The van der Waals surface area contributed by atoms with E-state index in [-0.39, 0.29) is 70.5 Å². The number of primary amides is 1. The van der Waals surface area contributed by atoms with Crippen molar-refractivity contribution in [3.8, 4) is 11.1 Å². The summed E-state index contributed by atoms with van der Waals surface area (Å²) in [5.41, 5.74) is 20.5. The number of hydrogen-bond acceptors (Lipinski definition) is 10. The van der Waals surface area contributed by atoms with E-state index in [0.29, 0.717) is 29.5 Å². The summed E-state index contributed by atoms with van der Waals surface area (Å²) in [6.07, 6.45) is 0.743. The molecule has 0 aromatic heterocycles. The van der Waals surface area contributed by atoms with Crippen LogP contribution in [0.15, 0.2) is 120 Å². The summed E-state index contributed by atoms with van der Waals surface area (Å²) in [4.78, 5) is 136. The topological polar surface area (TPSA) is 323 Å². The fourth-order valence-electron chi connectivity index (χ4n) is 9.94. The van der Waals surface area contributed by atoms with Gasteiger partial charge >= 0.3 is 0 Å². The molecule has 406 valence electrons. The number of nitrogens with zero attached hydrogens (tertiary/aromatic N) is 3. The van der Waals surface area contributed by atoms with Crippen molar-refractivity contribution in [2.75, 3.05) is 19.6 Å². The van der Waals surface area contributed by atoms with Gasteiger partial charge in [-0.15, -0.1) is 0 Å². The molecule has 3 saturated heterocycles. The predicted octanol–water partition coefficient (Wildman–Crippen LogP) is 0.235. The molecular formula is C56H68N12O9. The van der Waals surface area contributed by atoms with Gasteiger partial charge in [-0.3, -0.25) is 48.1 Å². The summed E-state index contributed by atoms with van der Waals surface area (Å²) < 4.78 is 0. The maximum Gasteiger partial charge on any atom is 0.246 e. The lowest BCUT2D eigenvalue weighted by molar-refractivity contribution is -0.148. The minimum absolute atomic E-state index is 0.0000632. The Morgan fingerprint density at radius 1 is 0.494 bits per heavy atom. The van der Waals surface area contributed by atoms with Crippen molar-refractivity contribution in [1.82, 2.24) is 41.7 Å². The molecule has 3 aliphatic rings. The molecular weight excluding hydrogens is 985 g/mol. The Bertz CT molecular complexity index is 2780. The van der Waals surface area contributed by atoms with Crippen LogP contribution in [0.1, 0.15) is 68.6 Å². The zero-order valence-corrected chi connectivity index (χ0v) is 43.0. The molecule has 21 heteroatoms. The predicted molar refractivity (Wildman–Crippen MR) is 286 cm³/mol. The van der Waals surface area contributed by atoms with Gasteiger partial charge in [0.25, 0.3) is 0 Å². The lowest BCUT2D eigenvalue weighted by Gasteiger charge is -2.33. The first-order valence-electron chi connectivity index (χ1n) is 26.0. The van der Waals surface area contributed by atoms with E-state index >= 15 is 0 Å². The molecule has 0 bridgehead atoms. The van der Waals surface area contributed by atoms with Crippen LogP contribution in [-0.4, -0.2) is 137 Å². The summed E-state index contributed by atoms with van der Waals surface area (Å²) in [5.74, 6) is -7.02. The van der Waals surface area contributed by atoms with Crippen molar-refractivity contribution in [2.45, 2.75) is 119 Å². The summed E-state index contributed by atoms with van der Waals surface area (Å²) in [7, 11) is 0. The molecule has 12 N–H and O–H groups in total. The lowest BCUT2D eigenvalue weighted by atomic mass is 9.99. The second-order valence-corrected chi connectivity index (χ2v) is 19.7. The fraction of sp³-hybridized carbons (Fsp3) is 0.393. The van der Waals surface area contributed by atoms with Crippen molar-refractivity contribution in [3.63, 3.8) is 0 Å². The van der Waals surface area contributed by atoms with Gasteiger partial charge in [0, 0.05) is 38.9 Å². The molecule has 7 rings (SSSR count). The maximum absolute atomic E-state index is 14.8. The van der Waals surface area contributed by atoms with Crippen LogP contribution in [0.3, 0.4) is 0 Å². The molecule has 77 heavy (non-hydrogen) atoms. The highest BCUT2D eigenvalue weighted by Gasteiger charge is 2.45. The molecule has 3 heterocycles. The van der Waals surface area contributed by atoms with Gasteiger partial charge in [-0.05, 0) is 73.3 Å². The van der Waals surface area contributed by atoms with Crippen molar-refractivity contribution < 1.29 is 43.2 Å². The number of guanidine groups is 1. The van der Waals surface area contributed by atoms with Crippen molar-refractivity contribution in [2.24, 2.45) is 22.2 Å². The Balaban J connectivity index is 1.27. The number of amides is 9. The highest BCUT2D eigenvalue weighted by Crippen LogP contribution is 2.27. The van der Waals surface area contributed by atoms with E-state index in [2.05, 4.69) is 36.9 Å². The average Bonchev–Trinajstić information content (AvgIpc) is 4.15. The third-order valence-corrected chi connectivity index (χ3v) is 14.0. The van der Waals surface area contributed by atoms with Gasteiger partial charge in [0.1, 0.15) is 48.3 Å². The first kappa shape index (κ1) is 56.1. The van der Waals surface area contributed by atoms with Crippen LogP contribution in [0, 0.1) is 0 Å². The molecule has 0 unspecified atom stereocenters. The normalized spacial score (nSPS) is 24.2. The maximum atomic E-state index is 14.8.